The third-order valence-corrected chi connectivity index (χ3v) is 4.47. The van der Waals surface area contributed by atoms with Crippen molar-refractivity contribution in [2.75, 3.05) is 26.2 Å². The Kier molecular flexibility index (Phi) is 5.48. The van der Waals surface area contributed by atoms with E-state index in [0.29, 0.717) is 6.61 Å². The third kappa shape index (κ3) is 4.32. The van der Waals surface area contributed by atoms with E-state index in [1.165, 1.54) is 11.1 Å². The molecule has 0 amide bonds. The SMILES string of the molecule is Brc1cc(CN2CCNCC2)ccc1OCc1ccccc1. The lowest BCUT2D eigenvalue weighted by Crippen LogP contribution is -2.42. The number of ether oxygens (including phenoxy) is 1. The van der Waals surface area contributed by atoms with Crippen molar-refractivity contribution in [2.24, 2.45) is 0 Å². The van der Waals surface area contributed by atoms with Crippen LogP contribution in [0.2, 0.25) is 0 Å². The van der Waals surface area contributed by atoms with E-state index in [2.05, 4.69) is 56.5 Å². The number of hydrogen-bond donors (Lipinski definition) is 1. The minimum Gasteiger partial charge on any atom is -0.488 e. The molecule has 1 fully saturated rings. The molecule has 0 unspecified atom stereocenters. The number of hydrogen-bond acceptors (Lipinski definition) is 3. The van der Waals surface area contributed by atoms with Crippen LogP contribution in [0.25, 0.3) is 0 Å². The van der Waals surface area contributed by atoms with Crippen LogP contribution < -0.4 is 10.1 Å². The molecule has 4 heteroatoms. The predicted octanol–water partition coefficient (Wildman–Crippen LogP) is 3.43. The van der Waals surface area contributed by atoms with Gasteiger partial charge in [0.05, 0.1) is 4.47 Å². The maximum absolute atomic E-state index is 5.90. The molecule has 1 aliphatic rings. The summed E-state index contributed by atoms with van der Waals surface area (Å²) in [6.07, 6.45) is 0. The van der Waals surface area contributed by atoms with Crippen LogP contribution in [-0.4, -0.2) is 31.1 Å². The van der Waals surface area contributed by atoms with E-state index in [-0.39, 0.29) is 0 Å². The topological polar surface area (TPSA) is 24.5 Å². The predicted molar refractivity (Wildman–Crippen MR) is 93.1 cm³/mol. The second kappa shape index (κ2) is 7.77. The zero-order valence-electron chi connectivity index (χ0n) is 12.6. The van der Waals surface area contributed by atoms with Crippen LogP contribution in [0.4, 0.5) is 0 Å². The number of nitrogens with one attached hydrogen (secondary N) is 1. The van der Waals surface area contributed by atoms with Crippen LogP contribution in [0.15, 0.2) is 53.0 Å². The Labute approximate surface area is 140 Å². The van der Waals surface area contributed by atoms with E-state index in [1.807, 2.05) is 18.2 Å². The molecule has 0 saturated carbocycles. The molecule has 0 bridgehead atoms. The molecule has 0 aliphatic carbocycles. The fourth-order valence-electron chi connectivity index (χ4n) is 2.62. The molecule has 1 saturated heterocycles. The van der Waals surface area contributed by atoms with Gasteiger partial charge < -0.3 is 10.1 Å². The molecule has 0 radical (unpaired) electrons. The molecule has 1 N–H and O–H groups in total. The Morgan fingerprint density at radius 1 is 1.00 bits per heavy atom. The van der Waals surface area contributed by atoms with Crippen molar-refractivity contribution in [3.05, 3.63) is 64.1 Å². The lowest BCUT2D eigenvalue weighted by Gasteiger charge is -2.27. The van der Waals surface area contributed by atoms with Crippen LogP contribution in [-0.2, 0) is 13.2 Å². The lowest BCUT2D eigenvalue weighted by atomic mass is 10.2. The highest BCUT2D eigenvalue weighted by atomic mass is 79.9. The van der Waals surface area contributed by atoms with Gasteiger partial charge in [-0.05, 0) is 39.2 Å². The van der Waals surface area contributed by atoms with E-state index >= 15 is 0 Å². The maximum Gasteiger partial charge on any atom is 0.134 e. The van der Waals surface area contributed by atoms with Crippen LogP contribution in [0, 0.1) is 0 Å². The summed E-state index contributed by atoms with van der Waals surface area (Å²) < 4.78 is 6.92. The van der Waals surface area contributed by atoms with Crippen molar-refractivity contribution in [1.82, 2.24) is 10.2 Å². The molecule has 22 heavy (non-hydrogen) atoms. The first-order valence-corrected chi connectivity index (χ1v) is 8.49. The van der Waals surface area contributed by atoms with Gasteiger partial charge in [0.1, 0.15) is 12.4 Å². The molecule has 0 atom stereocenters. The average molecular weight is 361 g/mol. The zero-order valence-corrected chi connectivity index (χ0v) is 14.2. The van der Waals surface area contributed by atoms with Gasteiger partial charge in [0.15, 0.2) is 0 Å². The molecular weight excluding hydrogens is 340 g/mol. The summed E-state index contributed by atoms with van der Waals surface area (Å²) in [6, 6.07) is 16.6. The molecule has 2 aromatic carbocycles. The normalized spacial score (nSPS) is 15.7. The largest absolute Gasteiger partial charge is 0.488 e. The second-order valence-electron chi connectivity index (χ2n) is 5.57. The molecule has 1 aliphatic heterocycles. The Morgan fingerprint density at radius 3 is 2.50 bits per heavy atom. The molecule has 0 spiro atoms. The van der Waals surface area contributed by atoms with Crippen molar-refractivity contribution in [1.29, 1.82) is 0 Å². The fraction of sp³-hybridized carbons (Fsp3) is 0.333. The number of piperazine rings is 1. The zero-order chi connectivity index (χ0) is 15.2. The summed E-state index contributed by atoms with van der Waals surface area (Å²) in [7, 11) is 0. The number of benzene rings is 2. The summed E-state index contributed by atoms with van der Waals surface area (Å²) in [5.41, 5.74) is 2.50. The summed E-state index contributed by atoms with van der Waals surface area (Å²) in [5.74, 6) is 0.896. The van der Waals surface area contributed by atoms with E-state index in [0.717, 1.165) is 42.9 Å². The van der Waals surface area contributed by atoms with Gasteiger partial charge in [0.25, 0.3) is 0 Å². The van der Waals surface area contributed by atoms with Gasteiger partial charge in [0.2, 0.25) is 0 Å². The summed E-state index contributed by atoms with van der Waals surface area (Å²) in [5, 5.41) is 3.38. The minimum absolute atomic E-state index is 0.594. The molecule has 116 valence electrons. The number of halogens is 1. The van der Waals surface area contributed by atoms with E-state index < -0.39 is 0 Å². The Bertz CT molecular complexity index is 597. The number of nitrogens with zero attached hydrogens (tertiary/aromatic N) is 1. The van der Waals surface area contributed by atoms with Gasteiger partial charge in [-0.2, -0.15) is 0 Å². The molecule has 2 aromatic rings. The molecule has 3 rings (SSSR count). The van der Waals surface area contributed by atoms with Crippen molar-refractivity contribution in [3.63, 3.8) is 0 Å². The first-order chi connectivity index (χ1) is 10.8. The molecule has 3 nitrogen and oxygen atoms in total. The van der Waals surface area contributed by atoms with Gasteiger partial charge in [0, 0.05) is 32.7 Å². The van der Waals surface area contributed by atoms with Crippen molar-refractivity contribution in [2.45, 2.75) is 13.2 Å². The van der Waals surface area contributed by atoms with Gasteiger partial charge in [-0.25, -0.2) is 0 Å². The quantitative estimate of drug-likeness (QED) is 0.883. The Hall–Kier alpha value is -1.36. The second-order valence-corrected chi connectivity index (χ2v) is 6.42. The highest BCUT2D eigenvalue weighted by Crippen LogP contribution is 2.27. The van der Waals surface area contributed by atoms with Crippen molar-refractivity contribution in [3.8, 4) is 5.75 Å². The summed E-state index contributed by atoms with van der Waals surface area (Å²) in [6.45, 7) is 5.99. The van der Waals surface area contributed by atoms with Gasteiger partial charge in [-0.1, -0.05) is 36.4 Å². The number of rotatable bonds is 5. The smallest absolute Gasteiger partial charge is 0.134 e. The van der Waals surface area contributed by atoms with E-state index in [9.17, 15) is 0 Å². The first-order valence-electron chi connectivity index (χ1n) is 7.69. The van der Waals surface area contributed by atoms with Crippen molar-refractivity contribution < 1.29 is 4.74 Å². The third-order valence-electron chi connectivity index (χ3n) is 3.85. The van der Waals surface area contributed by atoms with Crippen LogP contribution in [0.5, 0.6) is 5.75 Å². The molecule has 0 aromatic heterocycles. The maximum atomic E-state index is 5.90. The summed E-state index contributed by atoms with van der Waals surface area (Å²) in [4.78, 5) is 2.47. The summed E-state index contributed by atoms with van der Waals surface area (Å²) >= 11 is 3.63. The molecular formula is C18H21BrN2O. The lowest BCUT2D eigenvalue weighted by molar-refractivity contribution is 0.233. The van der Waals surface area contributed by atoms with Gasteiger partial charge in [-0.15, -0.1) is 0 Å². The Balaban J connectivity index is 1.59. The van der Waals surface area contributed by atoms with Crippen LogP contribution >= 0.6 is 15.9 Å². The molecule has 1 heterocycles. The van der Waals surface area contributed by atoms with Crippen molar-refractivity contribution >= 4 is 15.9 Å². The fourth-order valence-corrected chi connectivity index (χ4v) is 3.16. The van der Waals surface area contributed by atoms with E-state index in [4.69, 9.17) is 4.74 Å². The monoisotopic (exact) mass is 360 g/mol. The van der Waals surface area contributed by atoms with Gasteiger partial charge >= 0.3 is 0 Å². The first kappa shape index (κ1) is 15.5. The highest BCUT2D eigenvalue weighted by Gasteiger charge is 2.11. The van der Waals surface area contributed by atoms with Gasteiger partial charge in [-0.3, -0.25) is 4.90 Å². The Morgan fingerprint density at radius 2 is 1.77 bits per heavy atom. The average Bonchev–Trinajstić information content (AvgIpc) is 2.56. The minimum atomic E-state index is 0.594. The van der Waals surface area contributed by atoms with Crippen LogP contribution in [0.1, 0.15) is 11.1 Å². The van der Waals surface area contributed by atoms with E-state index in [1.54, 1.807) is 0 Å². The standard InChI is InChI=1S/C18H21BrN2O/c19-17-12-16(13-21-10-8-20-9-11-21)6-7-18(17)22-14-15-4-2-1-3-5-15/h1-7,12,20H,8-11,13-14H2. The van der Waals surface area contributed by atoms with Crippen LogP contribution in [0.3, 0.4) is 0 Å². The highest BCUT2D eigenvalue weighted by molar-refractivity contribution is 9.10.